The number of carboxylic acid groups (broad SMARTS) is 1. The summed E-state index contributed by atoms with van der Waals surface area (Å²) < 4.78 is 1.75. The largest absolute Gasteiger partial charge is 0.477 e. The molecule has 6 heteroatoms. The van der Waals surface area contributed by atoms with Gasteiger partial charge in [0.25, 0.3) is 0 Å². The molecule has 0 spiro atoms. The van der Waals surface area contributed by atoms with Crippen LogP contribution in [-0.2, 0) is 0 Å². The van der Waals surface area contributed by atoms with Crippen molar-refractivity contribution in [1.29, 1.82) is 0 Å². The highest BCUT2D eigenvalue weighted by Gasteiger charge is 2.16. The molecule has 0 radical (unpaired) electrons. The Balaban J connectivity index is 2.23. The number of hydrogen-bond acceptors (Lipinski definition) is 3. The summed E-state index contributed by atoms with van der Waals surface area (Å²) in [5, 5.41) is 15.0. The van der Waals surface area contributed by atoms with Gasteiger partial charge in [-0.1, -0.05) is 11.6 Å². The van der Waals surface area contributed by atoms with Crippen LogP contribution >= 0.6 is 22.9 Å². The van der Waals surface area contributed by atoms with Crippen molar-refractivity contribution in [1.82, 2.24) is 9.78 Å². The van der Waals surface area contributed by atoms with Gasteiger partial charge in [-0.2, -0.15) is 5.10 Å². The van der Waals surface area contributed by atoms with Gasteiger partial charge in [0.05, 0.1) is 11.4 Å². The van der Waals surface area contributed by atoms with Crippen LogP contribution in [0.3, 0.4) is 0 Å². The molecule has 96 valence electrons. The number of fused-ring (bicyclic) bond motifs is 1. The van der Waals surface area contributed by atoms with E-state index in [4.69, 9.17) is 16.7 Å². The first kappa shape index (κ1) is 12.2. The van der Waals surface area contributed by atoms with Gasteiger partial charge >= 0.3 is 5.97 Å². The van der Waals surface area contributed by atoms with E-state index in [9.17, 15) is 4.79 Å². The molecule has 0 saturated heterocycles. The van der Waals surface area contributed by atoms with E-state index in [-0.39, 0.29) is 0 Å². The molecular weight excluding hydrogens is 284 g/mol. The van der Waals surface area contributed by atoms with Gasteiger partial charge in [-0.25, -0.2) is 9.48 Å². The smallest absolute Gasteiger partial charge is 0.345 e. The van der Waals surface area contributed by atoms with Gasteiger partial charge < -0.3 is 5.11 Å². The van der Waals surface area contributed by atoms with E-state index < -0.39 is 5.97 Å². The number of carboxylic acids is 1. The van der Waals surface area contributed by atoms with Crippen LogP contribution in [0.1, 0.15) is 15.4 Å². The monoisotopic (exact) mass is 292 g/mol. The Hall–Kier alpha value is -1.85. The first-order valence-electron chi connectivity index (χ1n) is 5.54. The van der Waals surface area contributed by atoms with E-state index in [1.807, 2.05) is 19.1 Å². The molecule has 0 aliphatic rings. The Morgan fingerprint density at radius 3 is 2.68 bits per heavy atom. The first-order chi connectivity index (χ1) is 9.06. The van der Waals surface area contributed by atoms with Crippen LogP contribution < -0.4 is 0 Å². The van der Waals surface area contributed by atoms with Gasteiger partial charge in [0.15, 0.2) is 0 Å². The highest BCUT2D eigenvalue weighted by atomic mass is 35.5. The summed E-state index contributed by atoms with van der Waals surface area (Å²) in [4.78, 5) is 12.2. The van der Waals surface area contributed by atoms with Gasteiger partial charge in [-0.05, 0) is 37.3 Å². The van der Waals surface area contributed by atoms with E-state index in [0.29, 0.717) is 9.90 Å². The molecule has 0 atom stereocenters. The summed E-state index contributed by atoms with van der Waals surface area (Å²) in [6.45, 7) is 1.87. The average molecular weight is 293 g/mol. The number of carbonyl (C=O) groups is 1. The van der Waals surface area contributed by atoms with Gasteiger partial charge in [-0.15, -0.1) is 11.3 Å². The molecule has 0 amide bonds. The maximum absolute atomic E-state index is 11.0. The first-order valence-corrected chi connectivity index (χ1v) is 6.74. The second-order valence-corrected chi connectivity index (χ2v) is 5.58. The van der Waals surface area contributed by atoms with Gasteiger partial charge in [0.1, 0.15) is 9.71 Å². The molecule has 0 saturated carbocycles. The molecule has 2 aromatic heterocycles. The summed E-state index contributed by atoms with van der Waals surface area (Å²) >= 11 is 7.08. The maximum Gasteiger partial charge on any atom is 0.345 e. The van der Waals surface area contributed by atoms with Crippen LogP contribution in [-0.4, -0.2) is 20.9 Å². The molecule has 2 heterocycles. The molecule has 0 aliphatic carbocycles. The molecule has 0 aliphatic heterocycles. The molecule has 3 rings (SSSR count). The molecule has 0 fully saturated rings. The number of halogens is 1. The zero-order valence-corrected chi connectivity index (χ0v) is 11.5. The third-order valence-electron chi connectivity index (χ3n) is 2.83. The highest BCUT2D eigenvalue weighted by Crippen LogP contribution is 2.30. The van der Waals surface area contributed by atoms with Gasteiger partial charge in [0.2, 0.25) is 0 Å². The minimum absolute atomic E-state index is 0.318. The summed E-state index contributed by atoms with van der Waals surface area (Å²) in [6, 6.07) is 8.94. The Morgan fingerprint density at radius 2 is 2.05 bits per heavy atom. The highest BCUT2D eigenvalue weighted by molar-refractivity contribution is 7.20. The van der Waals surface area contributed by atoms with Crippen molar-refractivity contribution in [3.05, 3.63) is 45.9 Å². The van der Waals surface area contributed by atoms with Crippen LogP contribution in [0.4, 0.5) is 0 Å². The minimum atomic E-state index is -0.914. The van der Waals surface area contributed by atoms with Crippen LogP contribution in [0.15, 0.2) is 30.3 Å². The Kier molecular flexibility index (Phi) is 2.80. The summed E-state index contributed by atoms with van der Waals surface area (Å²) in [5.41, 5.74) is 1.68. The lowest BCUT2D eigenvalue weighted by Gasteiger charge is -2.01. The van der Waals surface area contributed by atoms with E-state index in [1.54, 1.807) is 22.9 Å². The molecule has 19 heavy (non-hydrogen) atoms. The second kappa shape index (κ2) is 4.36. The van der Waals surface area contributed by atoms with Crippen molar-refractivity contribution < 1.29 is 9.90 Å². The van der Waals surface area contributed by atoms with Gasteiger partial charge in [0, 0.05) is 10.4 Å². The standard InChI is InChI=1S/C13H9ClN2O2S/c1-7-10-6-11(13(17)18)19-12(10)16(15-7)9-4-2-8(14)3-5-9/h2-6H,1H3,(H,17,18). The van der Waals surface area contributed by atoms with E-state index >= 15 is 0 Å². The maximum atomic E-state index is 11.0. The topological polar surface area (TPSA) is 55.1 Å². The molecule has 1 aromatic carbocycles. The Bertz CT molecular complexity index is 774. The normalized spacial score (nSPS) is 11.1. The van der Waals surface area contributed by atoms with E-state index in [1.165, 1.54) is 11.3 Å². The zero-order chi connectivity index (χ0) is 13.6. The minimum Gasteiger partial charge on any atom is -0.477 e. The fourth-order valence-electron chi connectivity index (χ4n) is 1.91. The molecule has 0 bridgehead atoms. The molecular formula is C13H9ClN2O2S. The lowest BCUT2D eigenvalue weighted by atomic mass is 10.3. The third kappa shape index (κ3) is 2.01. The molecule has 3 aromatic rings. The predicted molar refractivity (Wildman–Crippen MR) is 75.7 cm³/mol. The number of rotatable bonds is 2. The predicted octanol–water partition coefficient (Wildman–Crippen LogP) is 3.75. The summed E-state index contributed by atoms with van der Waals surface area (Å²) in [5.74, 6) is -0.914. The SMILES string of the molecule is Cc1nn(-c2ccc(Cl)cc2)c2sc(C(=O)O)cc12. The van der Waals surface area contributed by atoms with E-state index in [0.717, 1.165) is 21.6 Å². The quantitative estimate of drug-likeness (QED) is 0.782. The van der Waals surface area contributed by atoms with Crippen molar-refractivity contribution in [2.75, 3.05) is 0 Å². The molecule has 4 nitrogen and oxygen atoms in total. The number of aryl methyl sites for hydroxylation is 1. The Labute approximate surface area is 117 Å². The van der Waals surface area contributed by atoms with Gasteiger partial charge in [-0.3, -0.25) is 0 Å². The average Bonchev–Trinajstić information content (AvgIpc) is 2.92. The number of aromatic carboxylic acids is 1. The fourth-order valence-corrected chi connectivity index (χ4v) is 3.06. The van der Waals surface area contributed by atoms with Crippen molar-refractivity contribution in [3.8, 4) is 5.69 Å². The van der Waals surface area contributed by atoms with Crippen molar-refractivity contribution >= 4 is 39.1 Å². The fraction of sp³-hybridized carbons (Fsp3) is 0.0769. The van der Waals surface area contributed by atoms with Crippen molar-refractivity contribution in [2.24, 2.45) is 0 Å². The number of aromatic nitrogens is 2. The number of hydrogen-bond donors (Lipinski definition) is 1. The van der Waals surface area contributed by atoms with Crippen LogP contribution in [0.5, 0.6) is 0 Å². The van der Waals surface area contributed by atoms with Crippen molar-refractivity contribution in [2.45, 2.75) is 6.92 Å². The number of thiophene rings is 1. The van der Waals surface area contributed by atoms with Crippen LogP contribution in [0, 0.1) is 6.92 Å². The van der Waals surface area contributed by atoms with E-state index in [2.05, 4.69) is 5.10 Å². The second-order valence-electron chi connectivity index (χ2n) is 4.11. The van der Waals surface area contributed by atoms with Crippen LogP contribution in [0.2, 0.25) is 5.02 Å². The number of nitrogens with zero attached hydrogens (tertiary/aromatic N) is 2. The summed E-state index contributed by atoms with van der Waals surface area (Å²) in [7, 11) is 0. The lowest BCUT2D eigenvalue weighted by Crippen LogP contribution is -1.95. The summed E-state index contributed by atoms with van der Waals surface area (Å²) in [6.07, 6.45) is 0. The number of benzene rings is 1. The Morgan fingerprint density at radius 1 is 1.37 bits per heavy atom. The molecule has 1 N–H and O–H groups in total. The van der Waals surface area contributed by atoms with Crippen LogP contribution in [0.25, 0.3) is 15.9 Å². The zero-order valence-electron chi connectivity index (χ0n) is 9.92. The third-order valence-corrected chi connectivity index (χ3v) is 4.18. The van der Waals surface area contributed by atoms with Crippen molar-refractivity contribution in [3.63, 3.8) is 0 Å². The molecule has 0 unspecified atom stereocenters. The lowest BCUT2D eigenvalue weighted by molar-refractivity contribution is 0.0702.